The molecule has 0 aliphatic heterocycles. The van der Waals surface area contributed by atoms with Crippen LogP contribution in [0.3, 0.4) is 0 Å². The van der Waals surface area contributed by atoms with Crippen LogP contribution in [-0.4, -0.2) is 29.0 Å². The molecule has 6 nitrogen and oxygen atoms in total. The highest BCUT2D eigenvalue weighted by Gasteiger charge is 2.11. The van der Waals surface area contributed by atoms with Crippen molar-refractivity contribution in [1.82, 2.24) is 9.97 Å². The molecule has 0 fully saturated rings. The number of aryl methyl sites for hydroxylation is 1. The van der Waals surface area contributed by atoms with Crippen LogP contribution in [-0.2, 0) is 6.54 Å². The van der Waals surface area contributed by atoms with Gasteiger partial charge in [0.05, 0.1) is 0 Å². The van der Waals surface area contributed by atoms with Gasteiger partial charge in [0.15, 0.2) is 0 Å². The summed E-state index contributed by atoms with van der Waals surface area (Å²) in [5.74, 6) is 0.185. The predicted octanol–water partition coefficient (Wildman–Crippen LogP) is 4.50. The van der Waals surface area contributed by atoms with Gasteiger partial charge >= 0.3 is 0 Å². The molecule has 29 heavy (non-hydrogen) atoms. The van der Waals surface area contributed by atoms with Crippen LogP contribution in [0.15, 0.2) is 60.7 Å². The molecule has 2 aromatic carbocycles. The Labute approximate surface area is 172 Å². The minimum Gasteiger partial charge on any atom is -0.372 e. The number of aromatic nitrogens is 2. The van der Waals surface area contributed by atoms with Gasteiger partial charge in [0.25, 0.3) is 5.91 Å². The van der Waals surface area contributed by atoms with Gasteiger partial charge in [0, 0.05) is 36.7 Å². The first-order valence-electron chi connectivity index (χ1n) is 9.89. The third kappa shape index (κ3) is 5.54. The van der Waals surface area contributed by atoms with Crippen LogP contribution in [0.25, 0.3) is 0 Å². The smallest absolute Gasteiger partial charge is 0.274 e. The molecule has 0 aliphatic rings. The standard InChI is InChI=1S/C23H27N5O/c1-4-28(5-2)20-13-11-19(12-14-20)26-22(29)21-15-17(3)25-23(27-21)24-16-18-9-7-6-8-10-18/h6-15H,4-5,16H2,1-3H3,(H,26,29)(H,24,25,27). The first-order chi connectivity index (χ1) is 14.1. The highest BCUT2D eigenvalue weighted by atomic mass is 16.1. The fraction of sp³-hybridized carbons (Fsp3) is 0.261. The van der Waals surface area contributed by atoms with E-state index in [4.69, 9.17) is 0 Å². The number of carbonyl (C=O) groups excluding carboxylic acids is 1. The molecule has 2 N–H and O–H groups in total. The molecule has 3 rings (SSSR count). The lowest BCUT2D eigenvalue weighted by molar-refractivity contribution is 0.102. The summed E-state index contributed by atoms with van der Waals surface area (Å²) in [6.07, 6.45) is 0. The number of anilines is 3. The molecule has 3 aromatic rings. The molecule has 1 heterocycles. The van der Waals surface area contributed by atoms with Gasteiger partial charge in [-0.1, -0.05) is 30.3 Å². The van der Waals surface area contributed by atoms with E-state index in [1.54, 1.807) is 6.07 Å². The fourth-order valence-corrected chi connectivity index (χ4v) is 3.08. The van der Waals surface area contributed by atoms with Gasteiger partial charge < -0.3 is 15.5 Å². The topological polar surface area (TPSA) is 70.2 Å². The second-order valence-corrected chi connectivity index (χ2v) is 6.73. The van der Waals surface area contributed by atoms with Crippen LogP contribution in [0.4, 0.5) is 17.3 Å². The predicted molar refractivity (Wildman–Crippen MR) is 118 cm³/mol. The van der Waals surface area contributed by atoms with Gasteiger partial charge in [0.1, 0.15) is 5.69 Å². The zero-order chi connectivity index (χ0) is 20.6. The van der Waals surface area contributed by atoms with Gasteiger partial charge in [-0.25, -0.2) is 9.97 Å². The molecule has 0 bridgehead atoms. The summed E-state index contributed by atoms with van der Waals surface area (Å²) >= 11 is 0. The van der Waals surface area contributed by atoms with Crippen LogP contribution < -0.4 is 15.5 Å². The maximum absolute atomic E-state index is 12.7. The van der Waals surface area contributed by atoms with Crippen molar-refractivity contribution in [3.63, 3.8) is 0 Å². The lowest BCUT2D eigenvalue weighted by Crippen LogP contribution is -2.21. The number of carbonyl (C=O) groups is 1. The van der Waals surface area contributed by atoms with Crippen molar-refractivity contribution < 1.29 is 4.79 Å². The van der Waals surface area contributed by atoms with Gasteiger partial charge in [-0.05, 0) is 56.7 Å². The summed E-state index contributed by atoms with van der Waals surface area (Å²) in [5.41, 5.74) is 4.06. The number of hydrogen-bond acceptors (Lipinski definition) is 5. The van der Waals surface area contributed by atoms with Crippen LogP contribution in [0, 0.1) is 6.92 Å². The normalized spacial score (nSPS) is 10.4. The SMILES string of the molecule is CCN(CC)c1ccc(NC(=O)c2cc(C)nc(NCc3ccccc3)n2)cc1. The fourth-order valence-electron chi connectivity index (χ4n) is 3.08. The van der Waals surface area contributed by atoms with Crippen molar-refractivity contribution in [3.05, 3.63) is 77.6 Å². The molecule has 0 saturated carbocycles. The molecule has 0 atom stereocenters. The number of rotatable bonds is 8. The van der Waals surface area contributed by atoms with Crippen molar-refractivity contribution in [3.8, 4) is 0 Å². The molecule has 150 valence electrons. The Kier molecular flexibility index (Phi) is 6.79. The first kappa shape index (κ1) is 20.3. The molecule has 0 saturated heterocycles. The van der Waals surface area contributed by atoms with Crippen LogP contribution in [0.5, 0.6) is 0 Å². The van der Waals surface area contributed by atoms with Gasteiger partial charge in [-0.2, -0.15) is 0 Å². The van der Waals surface area contributed by atoms with E-state index in [-0.39, 0.29) is 5.91 Å². The Balaban J connectivity index is 1.68. The second kappa shape index (κ2) is 9.68. The zero-order valence-electron chi connectivity index (χ0n) is 17.1. The Morgan fingerprint density at radius 2 is 1.66 bits per heavy atom. The number of nitrogens with one attached hydrogen (secondary N) is 2. The van der Waals surface area contributed by atoms with E-state index in [0.29, 0.717) is 18.2 Å². The van der Waals surface area contributed by atoms with Crippen molar-refractivity contribution in [2.24, 2.45) is 0 Å². The van der Waals surface area contributed by atoms with E-state index in [9.17, 15) is 4.79 Å². The van der Waals surface area contributed by atoms with E-state index in [2.05, 4.69) is 39.3 Å². The highest BCUT2D eigenvalue weighted by Crippen LogP contribution is 2.18. The Hall–Kier alpha value is -3.41. The summed E-state index contributed by atoms with van der Waals surface area (Å²) in [6.45, 7) is 8.59. The molecule has 0 radical (unpaired) electrons. The van der Waals surface area contributed by atoms with Crippen molar-refractivity contribution in [2.45, 2.75) is 27.3 Å². The first-order valence-corrected chi connectivity index (χ1v) is 9.89. The van der Waals surface area contributed by atoms with E-state index < -0.39 is 0 Å². The third-order valence-corrected chi connectivity index (χ3v) is 4.63. The molecule has 0 unspecified atom stereocenters. The number of hydrogen-bond donors (Lipinski definition) is 2. The third-order valence-electron chi connectivity index (χ3n) is 4.63. The second-order valence-electron chi connectivity index (χ2n) is 6.73. The maximum atomic E-state index is 12.7. The molecule has 1 aromatic heterocycles. The lowest BCUT2D eigenvalue weighted by atomic mass is 10.2. The quantitative estimate of drug-likeness (QED) is 0.594. The average Bonchev–Trinajstić information content (AvgIpc) is 2.74. The summed E-state index contributed by atoms with van der Waals surface area (Å²) in [4.78, 5) is 23.7. The largest absolute Gasteiger partial charge is 0.372 e. The number of benzene rings is 2. The number of nitrogens with zero attached hydrogens (tertiary/aromatic N) is 3. The van der Waals surface area contributed by atoms with Crippen LogP contribution in [0.2, 0.25) is 0 Å². The Morgan fingerprint density at radius 1 is 0.966 bits per heavy atom. The van der Waals surface area contributed by atoms with Gasteiger partial charge in [0.2, 0.25) is 5.95 Å². The van der Waals surface area contributed by atoms with Crippen LogP contribution in [0.1, 0.15) is 35.6 Å². The van der Waals surface area contributed by atoms with Gasteiger partial charge in [-0.3, -0.25) is 4.79 Å². The molecule has 1 amide bonds. The summed E-state index contributed by atoms with van der Waals surface area (Å²) in [7, 11) is 0. The molecule has 6 heteroatoms. The number of amides is 1. The zero-order valence-corrected chi connectivity index (χ0v) is 17.1. The van der Waals surface area contributed by atoms with E-state index in [1.165, 1.54) is 0 Å². The average molecular weight is 390 g/mol. The highest BCUT2D eigenvalue weighted by molar-refractivity contribution is 6.03. The van der Waals surface area contributed by atoms with E-state index >= 15 is 0 Å². The monoisotopic (exact) mass is 389 g/mol. The van der Waals surface area contributed by atoms with Crippen molar-refractivity contribution >= 4 is 23.2 Å². The van der Waals surface area contributed by atoms with E-state index in [0.717, 1.165) is 35.7 Å². The molecular formula is C23H27N5O. The van der Waals surface area contributed by atoms with Crippen LogP contribution >= 0.6 is 0 Å². The summed E-state index contributed by atoms with van der Waals surface area (Å²) in [5, 5.41) is 6.10. The minimum atomic E-state index is -0.256. The lowest BCUT2D eigenvalue weighted by Gasteiger charge is -2.21. The van der Waals surface area contributed by atoms with Crippen molar-refractivity contribution in [2.75, 3.05) is 28.6 Å². The summed E-state index contributed by atoms with van der Waals surface area (Å²) < 4.78 is 0. The maximum Gasteiger partial charge on any atom is 0.274 e. The van der Waals surface area contributed by atoms with Crippen molar-refractivity contribution in [1.29, 1.82) is 0 Å². The molecule has 0 spiro atoms. The van der Waals surface area contributed by atoms with E-state index in [1.807, 2.05) is 61.5 Å². The Bertz CT molecular complexity index is 937. The Morgan fingerprint density at radius 3 is 2.31 bits per heavy atom. The molecule has 0 aliphatic carbocycles. The minimum absolute atomic E-state index is 0.256. The summed E-state index contributed by atoms with van der Waals surface area (Å²) in [6, 6.07) is 19.5. The van der Waals surface area contributed by atoms with Gasteiger partial charge in [-0.15, -0.1) is 0 Å². The molecular weight excluding hydrogens is 362 g/mol.